The fourth-order valence-electron chi connectivity index (χ4n) is 3.33. The Morgan fingerprint density at radius 1 is 0.806 bits per heavy atom. The van der Waals surface area contributed by atoms with E-state index in [2.05, 4.69) is 19.9 Å². The van der Waals surface area contributed by atoms with Gasteiger partial charge >= 0.3 is 0 Å². The number of H-pyrrole nitrogens is 1. The zero-order chi connectivity index (χ0) is 21.2. The lowest BCUT2D eigenvalue weighted by Crippen LogP contribution is -1.99. The van der Waals surface area contributed by atoms with Gasteiger partial charge in [-0.05, 0) is 66.7 Å². The minimum absolute atomic E-state index is 0.155. The molecular formula is C24H18FN5O. The number of ether oxygens (including phenoxy) is 1. The van der Waals surface area contributed by atoms with Crippen LogP contribution in [0.15, 0.2) is 78.9 Å². The van der Waals surface area contributed by atoms with Gasteiger partial charge < -0.3 is 15.5 Å². The lowest BCUT2D eigenvalue weighted by molar-refractivity contribution is 0.297. The summed E-state index contributed by atoms with van der Waals surface area (Å²) in [5.74, 6) is 1.33. The molecule has 2 aromatic heterocycles. The highest BCUT2D eigenvalue weighted by Crippen LogP contribution is 2.26. The Kier molecular flexibility index (Phi) is 4.76. The molecule has 0 amide bonds. The van der Waals surface area contributed by atoms with Crippen LogP contribution in [0.1, 0.15) is 5.82 Å². The summed E-state index contributed by atoms with van der Waals surface area (Å²) in [4.78, 5) is 16.4. The molecule has 0 aliphatic heterocycles. The van der Waals surface area contributed by atoms with Gasteiger partial charge in [-0.1, -0.05) is 12.1 Å². The Hall–Kier alpha value is -4.26. The number of halogens is 1. The van der Waals surface area contributed by atoms with Crippen molar-refractivity contribution < 1.29 is 9.13 Å². The summed E-state index contributed by atoms with van der Waals surface area (Å²) in [6.45, 7) is 0.337. The third kappa shape index (κ3) is 4.06. The molecule has 0 bridgehead atoms. The fourth-order valence-corrected chi connectivity index (χ4v) is 3.33. The second-order valence-corrected chi connectivity index (χ2v) is 7.02. The van der Waals surface area contributed by atoms with Gasteiger partial charge in [-0.15, -0.1) is 0 Å². The van der Waals surface area contributed by atoms with Gasteiger partial charge in [-0.25, -0.2) is 19.3 Å². The van der Waals surface area contributed by atoms with Crippen LogP contribution >= 0.6 is 0 Å². The Bertz CT molecular complexity index is 1310. The average Bonchev–Trinajstić information content (AvgIpc) is 3.21. The van der Waals surface area contributed by atoms with Crippen LogP contribution in [-0.2, 0) is 6.61 Å². The third-order valence-corrected chi connectivity index (χ3v) is 4.85. The first kappa shape index (κ1) is 18.7. The topological polar surface area (TPSA) is 89.7 Å². The largest absolute Gasteiger partial charge is 0.486 e. The number of nitrogens with two attached hydrogens (primary N) is 1. The minimum atomic E-state index is -0.302. The molecule has 0 aliphatic carbocycles. The van der Waals surface area contributed by atoms with Crippen molar-refractivity contribution in [3.63, 3.8) is 0 Å². The third-order valence-electron chi connectivity index (χ3n) is 4.85. The lowest BCUT2D eigenvalue weighted by atomic mass is 10.1. The second kappa shape index (κ2) is 7.87. The number of fused-ring (bicyclic) bond motifs is 1. The smallest absolute Gasteiger partial charge is 0.221 e. The summed E-state index contributed by atoms with van der Waals surface area (Å²) >= 11 is 0. The molecule has 31 heavy (non-hydrogen) atoms. The number of aromatic amines is 1. The number of para-hydroxylation sites is 2. The fraction of sp³-hybridized carbons (Fsp3) is 0.0417. The maximum Gasteiger partial charge on any atom is 0.221 e. The molecular weight excluding hydrogens is 393 g/mol. The van der Waals surface area contributed by atoms with E-state index in [1.54, 1.807) is 12.1 Å². The number of rotatable bonds is 5. The summed E-state index contributed by atoms with van der Waals surface area (Å²) in [5.41, 5.74) is 10.7. The summed E-state index contributed by atoms with van der Waals surface area (Å²) in [6.07, 6.45) is 0. The second-order valence-electron chi connectivity index (χ2n) is 7.02. The van der Waals surface area contributed by atoms with Crippen molar-refractivity contribution in [3.05, 3.63) is 90.5 Å². The predicted molar refractivity (Wildman–Crippen MR) is 118 cm³/mol. The van der Waals surface area contributed by atoms with Gasteiger partial charge in [0.05, 0.1) is 22.4 Å². The molecule has 0 radical (unpaired) electrons. The van der Waals surface area contributed by atoms with Gasteiger partial charge in [0.25, 0.3) is 0 Å². The summed E-state index contributed by atoms with van der Waals surface area (Å²) in [5, 5.41) is 0. The van der Waals surface area contributed by atoms with Crippen molar-refractivity contribution in [2.45, 2.75) is 6.61 Å². The van der Waals surface area contributed by atoms with Gasteiger partial charge in [0.15, 0.2) is 0 Å². The molecule has 0 atom stereocenters. The van der Waals surface area contributed by atoms with Gasteiger partial charge in [-0.3, -0.25) is 0 Å². The molecule has 0 saturated carbocycles. The SMILES string of the molecule is Nc1nc(-c2ccc(F)cc2)cc(-c2ccc(OCc3nc4ccccc4[nH]3)cc2)n1. The number of benzene rings is 3. The molecule has 152 valence electrons. The van der Waals surface area contributed by atoms with E-state index < -0.39 is 0 Å². The predicted octanol–water partition coefficient (Wildman–Crippen LogP) is 4.99. The molecule has 0 saturated heterocycles. The quantitative estimate of drug-likeness (QED) is 0.425. The van der Waals surface area contributed by atoms with Crippen LogP contribution in [-0.4, -0.2) is 19.9 Å². The standard InChI is InChI=1S/C24H18FN5O/c25-17-9-5-15(6-10-17)21-13-22(30-24(26)29-21)16-7-11-18(12-8-16)31-14-23-27-19-3-1-2-4-20(19)28-23/h1-13H,14H2,(H,27,28)(H2,26,29,30). The minimum Gasteiger partial charge on any atom is -0.486 e. The molecule has 3 N–H and O–H groups in total. The van der Waals surface area contributed by atoms with Crippen molar-refractivity contribution in [3.8, 4) is 28.3 Å². The molecule has 0 unspecified atom stereocenters. The number of nitrogens with zero attached hydrogens (tertiary/aromatic N) is 3. The Labute approximate surface area is 177 Å². The van der Waals surface area contributed by atoms with E-state index in [0.717, 1.165) is 28.0 Å². The molecule has 0 spiro atoms. The summed E-state index contributed by atoms with van der Waals surface area (Å²) < 4.78 is 19.1. The molecule has 5 aromatic rings. The van der Waals surface area contributed by atoms with Gasteiger partial charge in [-0.2, -0.15) is 0 Å². The van der Waals surface area contributed by atoms with Crippen molar-refractivity contribution in [2.75, 3.05) is 5.73 Å². The Morgan fingerprint density at radius 3 is 2.13 bits per heavy atom. The average molecular weight is 411 g/mol. The van der Waals surface area contributed by atoms with Crippen LogP contribution in [0.4, 0.5) is 10.3 Å². The van der Waals surface area contributed by atoms with E-state index in [1.807, 2.05) is 54.6 Å². The van der Waals surface area contributed by atoms with Crippen molar-refractivity contribution in [2.24, 2.45) is 0 Å². The Morgan fingerprint density at radius 2 is 1.45 bits per heavy atom. The number of nitrogen functional groups attached to an aromatic ring is 1. The summed E-state index contributed by atoms with van der Waals surface area (Å²) in [7, 11) is 0. The van der Waals surface area contributed by atoms with Crippen LogP contribution in [0.25, 0.3) is 33.5 Å². The van der Waals surface area contributed by atoms with Crippen LogP contribution < -0.4 is 10.5 Å². The normalized spacial score (nSPS) is 11.0. The number of hydrogen-bond donors (Lipinski definition) is 2. The van der Waals surface area contributed by atoms with Crippen molar-refractivity contribution in [1.29, 1.82) is 0 Å². The molecule has 3 aromatic carbocycles. The maximum absolute atomic E-state index is 13.2. The first-order valence-corrected chi connectivity index (χ1v) is 9.71. The first-order valence-electron chi connectivity index (χ1n) is 9.71. The van der Waals surface area contributed by atoms with Crippen LogP contribution in [0, 0.1) is 5.82 Å². The maximum atomic E-state index is 13.2. The molecule has 7 heteroatoms. The molecule has 2 heterocycles. The highest BCUT2D eigenvalue weighted by molar-refractivity contribution is 5.74. The Balaban J connectivity index is 1.34. The number of imidazole rings is 1. The molecule has 6 nitrogen and oxygen atoms in total. The van der Waals surface area contributed by atoms with Crippen LogP contribution in [0.5, 0.6) is 5.75 Å². The molecule has 0 aliphatic rings. The first-order chi connectivity index (χ1) is 15.1. The van der Waals surface area contributed by atoms with E-state index in [-0.39, 0.29) is 11.8 Å². The molecule has 5 rings (SSSR count). The van der Waals surface area contributed by atoms with E-state index >= 15 is 0 Å². The highest BCUT2D eigenvalue weighted by atomic mass is 19.1. The number of anilines is 1. The van der Waals surface area contributed by atoms with Crippen LogP contribution in [0.3, 0.4) is 0 Å². The monoisotopic (exact) mass is 411 g/mol. The van der Waals surface area contributed by atoms with Gasteiger partial charge in [0, 0.05) is 11.1 Å². The van der Waals surface area contributed by atoms with Crippen LogP contribution in [0.2, 0.25) is 0 Å². The zero-order valence-electron chi connectivity index (χ0n) is 16.4. The zero-order valence-corrected chi connectivity index (χ0v) is 16.4. The van der Waals surface area contributed by atoms with E-state index in [0.29, 0.717) is 23.7 Å². The van der Waals surface area contributed by atoms with E-state index in [4.69, 9.17) is 10.5 Å². The lowest BCUT2D eigenvalue weighted by Gasteiger charge is -2.08. The van der Waals surface area contributed by atoms with Gasteiger partial charge in [0.2, 0.25) is 5.95 Å². The van der Waals surface area contributed by atoms with Crippen molar-refractivity contribution in [1.82, 2.24) is 19.9 Å². The number of aromatic nitrogens is 4. The molecule has 0 fully saturated rings. The highest BCUT2D eigenvalue weighted by Gasteiger charge is 2.08. The van der Waals surface area contributed by atoms with Crippen molar-refractivity contribution >= 4 is 17.0 Å². The van der Waals surface area contributed by atoms with E-state index in [1.165, 1.54) is 12.1 Å². The van der Waals surface area contributed by atoms with Gasteiger partial charge in [0.1, 0.15) is 24.0 Å². The van der Waals surface area contributed by atoms with E-state index in [9.17, 15) is 4.39 Å². The number of hydrogen-bond acceptors (Lipinski definition) is 5. The summed E-state index contributed by atoms with van der Waals surface area (Å²) in [6, 6.07) is 23.3. The number of nitrogens with one attached hydrogen (secondary N) is 1.